The molecule has 0 saturated heterocycles. The molecule has 35 heavy (non-hydrogen) atoms. The molecular weight excluding hydrogens is 510 g/mol. The van der Waals surface area contributed by atoms with Crippen molar-refractivity contribution in [3.8, 4) is 23.3 Å². The number of carbonyl (C=O) groups excluding carboxylic acids is 1. The fourth-order valence-electron chi connectivity index (χ4n) is 3.50. The number of amides is 1. The number of phenolic OH excluding ortho intramolecular Hbond substituents is 1. The van der Waals surface area contributed by atoms with E-state index in [-0.39, 0.29) is 17.9 Å². The fourth-order valence-corrected chi connectivity index (χ4v) is 4.07. The van der Waals surface area contributed by atoms with E-state index in [0.29, 0.717) is 27.1 Å². The molecule has 0 unspecified atom stereocenters. The third kappa shape index (κ3) is 5.42. The highest BCUT2D eigenvalue weighted by atomic mass is 79.9. The van der Waals surface area contributed by atoms with Gasteiger partial charge in [0.15, 0.2) is 11.5 Å². The number of nitriles is 1. The lowest BCUT2D eigenvalue weighted by molar-refractivity contribution is 0.0952. The first-order chi connectivity index (χ1) is 17.0. The number of fused-ring (bicyclic) bond motifs is 1. The van der Waals surface area contributed by atoms with Crippen molar-refractivity contribution in [2.75, 3.05) is 7.11 Å². The third-order valence-corrected chi connectivity index (χ3v) is 5.84. The summed E-state index contributed by atoms with van der Waals surface area (Å²) in [5, 5.41) is 25.2. The number of phenols is 1. The second-order valence-electron chi connectivity index (χ2n) is 7.51. The van der Waals surface area contributed by atoms with Gasteiger partial charge in [0, 0.05) is 5.56 Å². The van der Waals surface area contributed by atoms with E-state index in [1.807, 2.05) is 36.4 Å². The molecule has 4 aromatic rings. The normalized spacial score (nSPS) is 10.8. The predicted octanol–water partition coefficient (Wildman–Crippen LogP) is 5.53. The van der Waals surface area contributed by atoms with Crippen molar-refractivity contribution in [1.29, 1.82) is 5.26 Å². The van der Waals surface area contributed by atoms with Crippen molar-refractivity contribution in [2.24, 2.45) is 5.10 Å². The summed E-state index contributed by atoms with van der Waals surface area (Å²) in [6.07, 6.45) is 1.46. The molecule has 7 nitrogen and oxygen atoms in total. The van der Waals surface area contributed by atoms with Gasteiger partial charge in [-0.1, -0.05) is 42.5 Å². The Bertz CT molecular complexity index is 1480. The molecule has 8 heteroatoms. The first kappa shape index (κ1) is 23.8. The van der Waals surface area contributed by atoms with Gasteiger partial charge in [-0.25, -0.2) is 5.43 Å². The minimum atomic E-state index is -0.536. The van der Waals surface area contributed by atoms with Gasteiger partial charge in [-0.15, -0.1) is 0 Å². The van der Waals surface area contributed by atoms with E-state index in [2.05, 4.69) is 32.5 Å². The van der Waals surface area contributed by atoms with Crippen LogP contribution in [0, 0.1) is 11.3 Å². The Balaban J connectivity index is 1.48. The number of rotatable bonds is 7. The maximum absolute atomic E-state index is 12.6. The number of nitrogens with zero attached hydrogens (tertiary/aromatic N) is 2. The van der Waals surface area contributed by atoms with Gasteiger partial charge < -0.3 is 14.6 Å². The van der Waals surface area contributed by atoms with Gasteiger partial charge in [0.25, 0.3) is 5.91 Å². The van der Waals surface area contributed by atoms with Crippen LogP contribution < -0.4 is 14.9 Å². The molecule has 0 spiro atoms. The monoisotopic (exact) mass is 529 g/mol. The van der Waals surface area contributed by atoms with Gasteiger partial charge in [-0.05, 0) is 62.6 Å². The highest BCUT2D eigenvalue weighted by Crippen LogP contribution is 2.37. The Kier molecular flexibility index (Phi) is 7.29. The van der Waals surface area contributed by atoms with E-state index in [1.54, 1.807) is 36.4 Å². The van der Waals surface area contributed by atoms with Gasteiger partial charge in [0.2, 0.25) is 0 Å². The zero-order valence-corrected chi connectivity index (χ0v) is 20.2. The van der Waals surface area contributed by atoms with Crippen molar-refractivity contribution >= 4 is 38.8 Å². The lowest BCUT2D eigenvalue weighted by atomic mass is 10.1. The van der Waals surface area contributed by atoms with Crippen LogP contribution in [0.4, 0.5) is 0 Å². The Morgan fingerprint density at radius 2 is 1.83 bits per heavy atom. The maximum atomic E-state index is 12.6. The molecule has 0 radical (unpaired) electrons. The van der Waals surface area contributed by atoms with Gasteiger partial charge in [0.05, 0.1) is 35.0 Å². The summed E-state index contributed by atoms with van der Waals surface area (Å²) in [5.74, 6) is 0.267. The van der Waals surface area contributed by atoms with Gasteiger partial charge in [-0.2, -0.15) is 10.4 Å². The Morgan fingerprint density at radius 3 is 2.57 bits per heavy atom. The molecule has 0 heterocycles. The van der Waals surface area contributed by atoms with E-state index in [1.165, 1.54) is 13.3 Å². The van der Waals surface area contributed by atoms with E-state index in [9.17, 15) is 15.2 Å². The van der Waals surface area contributed by atoms with E-state index in [4.69, 9.17) is 9.47 Å². The van der Waals surface area contributed by atoms with E-state index >= 15 is 0 Å². The number of carbonyl (C=O) groups is 1. The second kappa shape index (κ2) is 10.7. The average molecular weight is 530 g/mol. The van der Waals surface area contributed by atoms with Crippen LogP contribution in [0.5, 0.6) is 17.2 Å². The van der Waals surface area contributed by atoms with Crippen LogP contribution in [-0.2, 0) is 6.61 Å². The molecule has 0 atom stereocenters. The number of methoxy groups -OCH3 is 1. The minimum Gasteiger partial charge on any atom is -0.507 e. The quantitative estimate of drug-likeness (QED) is 0.242. The number of aromatic hydroxyl groups is 1. The van der Waals surface area contributed by atoms with Crippen LogP contribution in [0.2, 0.25) is 0 Å². The number of hydrogen-bond acceptors (Lipinski definition) is 6. The lowest BCUT2D eigenvalue weighted by Crippen LogP contribution is -2.17. The van der Waals surface area contributed by atoms with Gasteiger partial charge >= 0.3 is 0 Å². The SMILES string of the molecule is COc1cc(C=NNC(=O)c2cc3ccccc3cc2O)cc(Br)c1OCc1ccccc1C#N. The number of benzene rings is 4. The minimum absolute atomic E-state index is 0.125. The molecule has 4 aromatic carbocycles. The highest BCUT2D eigenvalue weighted by Gasteiger charge is 2.14. The summed E-state index contributed by atoms with van der Waals surface area (Å²) in [6, 6.07) is 23.4. The zero-order chi connectivity index (χ0) is 24.8. The number of halogens is 1. The van der Waals surface area contributed by atoms with Gasteiger partial charge in [-0.3, -0.25) is 4.79 Å². The highest BCUT2D eigenvalue weighted by molar-refractivity contribution is 9.10. The second-order valence-corrected chi connectivity index (χ2v) is 8.36. The number of ether oxygens (including phenoxy) is 2. The Morgan fingerprint density at radius 1 is 1.11 bits per heavy atom. The number of hydrogen-bond donors (Lipinski definition) is 2. The molecule has 0 saturated carbocycles. The van der Waals surface area contributed by atoms with Crippen LogP contribution in [0.3, 0.4) is 0 Å². The predicted molar refractivity (Wildman–Crippen MR) is 137 cm³/mol. The van der Waals surface area contributed by atoms with Crippen LogP contribution in [0.25, 0.3) is 10.8 Å². The van der Waals surface area contributed by atoms with Gasteiger partial charge in [0.1, 0.15) is 12.4 Å². The summed E-state index contributed by atoms with van der Waals surface area (Å²) in [6.45, 7) is 0.192. The zero-order valence-electron chi connectivity index (χ0n) is 18.7. The lowest BCUT2D eigenvalue weighted by Gasteiger charge is -2.14. The smallest absolute Gasteiger partial charge is 0.275 e. The van der Waals surface area contributed by atoms with Crippen molar-refractivity contribution in [2.45, 2.75) is 6.61 Å². The molecule has 174 valence electrons. The molecule has 0 aliphatic rings. The molecule has 2 N–H and O–H groups in total. The molecule has 0 bridgehead atoms. The third-order valence-electron chi connectivity index (χ3n) is 5.25. The van der Waals surface area contributed by atoms with Crippen molar-refractivity contribution in [3.63, 3.8) is 0 Å². The summed E-state index contributed by atoms with van der Waals surface area (Å²) in [5.41, 5.74) is 4.50. The maximum Gasteiger partial charge on any atom is 0.275 e. The van der Waals surface area contributed by atoms with Crippen molar-refractivity contribution in [1.82, 2.24) is 5.43 Å². The topological polar surface area (TPSA) is 104 Å². The molecule has 0 fully saturated rings. The molecule has 0 aromatic heterocycles. The molecule has 4 rings (SSSR count). The number of hydrazone groups is 1. The summed E-state index contributed by atoms with van der Waals surface area (Å²) >= 11 is 3.49. The standard InChI is InChI=1S/C27H20BrN3O4/c1-34-25-11-17(10-23(28)26(25)35-16-21-9-5-4-8-20(21)14-29)15-30-31-27(33)22-12-18-6-2-3-7-19(18)13-24(22)32/h2-13,15,32H,16H2,1H3,(H,31,33). The van der Waals surface area contributed by atoms with Crippen molar-refractivity contribution in [3.05, 3.63) is 99.5 Å². The fraction of sp³-hybridized carbons (Fsp3) is 0.0741. The Labute approximate surface area is 210 Å². The molecular formula is C27H20BrN3O4. The van der Waals surface area contributed by atoms with E-state index in [0.717, 1.165) is 16.3 Å². The summed E-state index contributed by atoms with van der Waals surface area (Å²) in [4.78, 5) is 12.6. The summed E-state index contributed by atoms with van der Waals surface area (Å²) in [7, 11) is 1.52. The molecule has 0 aliphatic carbocycles. The number of nitrogens with one attached hydrogen (secondary N) is 1. The first-order valence-electron chi connectivity index (χ1n) is 10.5. The van der Waals surface area contributed by atoms with Crippen LogP contribution >= 0.6 is 15.9 Å². The average Bonchev–Trinajstić information content (AvgIpc) is 2.87. The largest absolute Gasteiger partial charge is 0.507 e. The Hall–Kier alpha value is -4.35. The van der Waals surface area contributed by atoms with Crippen LogP contribution in [0.15, 0.2) is 82.4 Å². The van der Waals surface area contributed by atoms with Crippen molar-refractivity contribution < 1.29 is 19.4 Å². The molecule has 0 aliphatic heterocycles. The summed E-state index contributed by atoms with van der Waals surface area (Å²) < 4.78 is 12.0. The van der Waals surface area contributed by atoms with Crippen LogP contribution in [0.1, 0.15) is 27.0 Å². The van der Waals surface area contributed by atoms with Crippen LogP contribution in [-0.4, -0.2) is 24.3 Å². The first-order valence-corrected chi connectivity index (χ1v) is 11.3. The molecule has 1 amide bonds. The van der Waals surface area contributed by atoms with E-state index < -0.39 is 5.91 Å².